The first-order valence-corrected chi connectivity index (χ1v) is 5.92. The zero-order valence-electron chi connectivity index (χ0n) is 8.73. The molecule has 2 nitrogen and oxygen atoms in total. The van der Waals surface area contributed by atoms with Crippen LogP contribution >= 0.6 is 22.6 Å². The minimum Gasteiger partial charge on any atom is -0.465 e. The highest BCUT2D eigenvalue weighted by Crippen LogP contribution is 2.18. The molecule has 0 aromatic carbocycles. The number of ether oxygens (including phenoxy) is 1. The van der Waals surface area contributed by atoms with Crippen LogP contribution in [-0.2, 0) is 9.53 Å². The first-order chi connectivity index (χ1) is 5.98. The van der Waals surface area contributed by atoms with Gasteiger partial charge in [0.2, 0.25) is 0 Å². The van der Waals surface area contributed by atoms with Gasteiger partial charge in [-0.15, -0.1) is 0 Å². The Kier molecular flexibility index (Phi) is 6.73. The maximum atomic E-state index is 11.3. The first kappa shape index (κ1) is 13.2. The molecule has 0 amide bonds. The smallest absolute Gasteiger partial charge is 0.321 e. The van der Waals surface area contributed by atoms with E-state index in [2.05, 4.69) is 29.5 Å². The number of carbonyl (C=O) groups excluding carboxylic acids is 1. The number of carbonyl (C=O) groups is 1. The molecular weight excluding hydrogens is 279 g/mol. The second kappa shape index (κ2) is 6.62. The Bertz CT molecular complexity index is 149. The predicted molar refractivity (Wildman–Crippen MR) is 63.2 cm³/mol. The summed E-state index contributed by atoms with van der Waals surface area (Å²) >= 11 is 2.10. The lowest BCUT2D eigenvalue weighted by Crippen LogP contribution is -2.26. The molecule has 0 spiro atoms. The summed E-state index contributed by atoms with van der Waals surface area (Å²) in [7, 11) is 0. The Hall–Kier alpha value is 0.200. The fourth-order valence-corrected chi connectivity index (χ4v) is 1.02. The molecule has 0 rings (SSSR count). The topological polar surface area (TPSA) is 26.3 Å². The van der Waals surface area contributed by atoms with Gasteiger partial charge in [-0.1, -0.05) is 48.8 Å². The normalized spacial score (nSPS) is 11.4. The standard InChI is InChI=1S/C10H19IO2/c1-4-5-6-7-8-13-9(12)10(2,3)11/h4-8H2,1-3H3. The van der Waals surface area contributed by atoms with Crippen LogP contribution in [0.3, 0.4) is 0 Å². The van der Waals surface area contributed by atoms with Crippen LogP contribution in [0.1, 0.15) is 46.5 Å². The van der Waals surface area contributed by atoms with Crippen LogP contribution in [0, 0.1) is 0 Å². The van der Waals surface area contributed by atoms with E-state index in [0.29, 0.717) is 6.61 Å². The van der Waals surface area contributed by atoms with E-state index in [-0.39, 0.29) is 9.39 Å². The maximum absolute atomic E-state index is 11.3. The molecule has 0 aromatic rings. The molecule has 0 aliphatic rings. The van der Waals surface area contributed by atoms with Gasteiger partial charge in [0, 0.05) is 0 Å². The molecule has 0 heterocycles. The molecule has 0 radical (unpaired) electrons. The van der Waals surface area contributed by atoms with Gasteiger partial charge in [-0.3, -0.25) is 4.79 Å². The molecule has 0 N–H and O–H groups in total. The van der Waals surface area contributed by atoms with E-state index in [9.17, 15) is 4.79 Å². The lowest BCUT2D eigenvalue weighted by molar-refractivity contribution is -0.145. The van der Waals surface area contributed by atoms with Gasteiger partial charge in [0.25, 0.3) is 0 Å². The van der Waals surface area contributed by atoms with Gasteiger partial charge in [-0.2, -0.15) is 0 Å². The van der Waals surface area contributed by atoms with Gasteiger partial charge in [0.1, 0.15) is 3.42 Å². The fraction of sp³-hybridized carbons (Fsp3) is 0.900. The van der Waals surface area contributed by atoms with Crippen LogP contribution in [0.25, 0.3) is 0 Å². The van der Waals surface area contributed by atoms with Crippen molar-refractivity contribution >= 4 is 28.6 Å². The van der Waals surface area contributed by atoms with E-state index in [1.165, 1.54) is 12.8 Å². The minimum atomic E-state index is -0.386. The van der Waals surface area contributed by atoms with E-state index in [1.54, 1.807) is 0 Å². The molecule has 0 unspecified atom stereocenters. The van der Waals surface area contributed by atoms with Crippen molar-refractivity contribution in [1.82, 2.24) is 0 Å². The molecule has 0 aliphatic heterocycles. The molecule has 78 valence electrons. The number of rotatable bonds is 6. The van der Waals surface area contributed by atoms with Crippen molar-refractivity contribution in [2.45, 2.75) is 49.9 Å². The van der Waals surface area contributed by atoms with Crippen molar-refractivity contribution in [3.63, 3.8) is 0 Å². The minimum absolute atomic E-state index is 0.107. The Morgan fingerprint density at radius 2 is 1.92 bits per heavy atom. The van der Waals surface area contributed by atoms with Gasteiger partial charge in [0.05, 0.1) is 6.61 Å². The monoisotopic (exact) mass is 298 g/mol. The zero-order chi connectivity index (χ0) is 10.3. The third kappa shape index (κ3) is 7.28. The lowest BCUT2D eigenvalue weighted by atomic mass is 10.2. The largest absolute Gasteiger partial charge is 0.465 e. The van der Waals surface area contributed by atoms with Crippen LogP contribution in [0.15, 0.2) is 0 Å². The SMILES string of the molecule is CCCCCCOC(=O)C(C)(C)I. The van der Waals surface area contributed by atoms with Gasteiger partial charge in [0.15, 0.2) is 0 Å². The highest BCUT2D eigenvalue weighted by molar-refractivity contribution is 14.1. The fourth-order valence-electron chi connectivity index (χ4n) is 0.865. The van der Waals surface area contributed by atoms with Gasteiger partial charge in [-0.05, 0) is 20.3 Å². The summed E-state index contributed by atoms with van der Waals surface area (Å²) in [5.41, 5.74) is 0. The summed E-state index contributed by atoms with van der Waals surface area (Å²) in [4.78, 5) is 11.3. The second-order valence-electron chi connectivity index (χ2n) is 3.67. The van der Waals surface area contributed by atoms with E-state index in [1.807, 2.05) is 13.8 Å². The highest BCUT2D eigenvalue weighted by Gasteiger charge is 2.24. The molecule has 0 saturated carbocycles. The molecule has 0 atom stereocenters. The molecule has 0 saturated heterocycles. The maximum Gasteiger partial charge on any atom is 0.321 e. The van der Waals surface area contributed by atoms with E-state index < -0.39 is 0 Å². The Balaban J connectivity index is 3.38. The molecule has 3 heteroatoms. The van der Waals surface area contributed by atoms with Crippen LogP contribution in [0.2, 0.25) is 0 Å². The number of unbranched alkanes of at least 4 members (excludes halogenated alkanes) is 3. The van der Waals surface area contributed by atoms with Gasteiger partial charge < -0.3 is 4.74 Å². The Morgan fingerprint density at radius 1 is 1.31 bits per heavy atom. The molecule has 0 fully saturated rings. The average Bonchev–Trinajstić information content (AvgIpc) is 2.02. The summed E-state index contributed by atoms with van der Waals surface area (Å²) in [6, 6.07) is 0. The number of alkyl halides is 1. The van der Waals surface area contributed by atoms with Crippen molar-refractivity contribution in [3.05, 3.63) is 0 Å². The highest BCUT2D eigenvalue weighted by atomic mass is 127. The summed E-state index contributed by atoms with van der Waals surface area (Å²) in [6.45, 7) is 6.47. The number of esters is 1. The lowest BCUT2D eigenvalue weighted by Gasteiger charge is -2.14. The van der Waals surface area contributed by atoms with Crippen molar-refractivity contribution in [3.8, 4) is 0 Å². The van der Waals surface area contributed by atoms with Crippen LogP contribution in [0.5, 0.6) is 0 Å². The third-order valence-electron chi connectivity index (χ3n) is 1.72. The molecule has 13 heavy (non-hydrogen) atoms. The predicted octanol–water partition coefficient (Wildman–Crippen LogP) is 3.32. The van der Waals surface area contributed by atoms with Gasteiger partial charge >= 0.3 is 5.97 Å². The summed E-state index contributed by atoms with van der Waals surface area (Å²) in [6.07, 6.45) is 4.59. The second-order valence-corrected chi connectivity index (χ2v) is 6.37. The van der Waals surface area contributed by atoms with Crippen LogP contribution in [-0.4, -0.2) is 16.0 Å². The van der Waals surface area contributed by atoms with E-state index in [0.717, 1.165) is 12.8 Å². The molecule has 0 bridgehead atoms. The molecule has 0 aromatic heterocycles. The summed E-state index contributed by atoms with van der Waals surface area (Å²) in [5, 5.41) is 0. The Morgan fingerprint density at radius 3 is 2.38 bits per heavy atom. The van der Waals surface area contributed by atoms with Crippen molar-refractivity contribution in [2.75, 3.05) is 6.61 Å². The zero-order valence-corrected chi connectivity index (χ0v) is 10.9. The quantitative estimate of drug-likeness (QED) is 0.325. The number of halogens is 1. The van der Waals surface area contributed by atoms with Crippen LogP contribution in [0.4, 0.5) is 0 Å². The van der Waals surface area contributed by atoms with E-state index >= 15 is 0 Å². The third-order valence-corrected chi connectivity index (χ3v) is 2.16. The first-order valence-electron chi connectivity index (χ1n) is 4.84. The van der Waals surface area contributed by atoms with Crippen molar-refractivity contribution < 1.29 is 9.53 Å². The van der Waals surface area contributed by atoms with E-state index in [4.69, 9.17) is 4.74 Å². The molecule has 0 aliphatic carbocycles. The van der Waals surface area contributed by atoms with Crippen molar-refractivity contribution in [1.29, 1.82) is 0 Å². The molecular formula is C10H19IO2. The number of hydrogen-bond donors (Lipinski definition) is 0. The van der Waals surface area contributed by atoms with Gasteiger partial charge in [-0.25, -0.2) is 0 Å². The average molecular weight is 298 g/mol. The van der Waals surface area contributed by atoms with Crippen LogP contribution < -0.4 is 0 Å². The number of hydrogen-bond acceptors (Lipinski definition) is 2. The summed E-state index contributed by atoms with van der Waals surface area (Å²) in [5.74, 6) is -0.107. The Labute approximate surface area is 94.6 Å². The summed E-state index contributed by atoms with van der Waals surface area (Å²) < 4.78 is 4.72. The van der Waals surface area contributed by atoms with Crippen molar-refractivity contribution in [2.24, 2.45) is 0 Å².